The van der Waals surface area contributed by atoms with E-state index in [0.717, 1.165) is 41.7 Å². The Hall–Kier alpha value is -4.93. The Kier molecular flexibility index (Phi) is 7.86. The summed E-state index contributed by atoms with van der Waals surface area (Å²) in [6.45, 7) is 1.78. The Balaban J connectivity index is 1.38. The van der Waals surface area contributed by atoms with Crippen LogP contribution in [0.25, 0.3) is 5.69 Å². The molecule has 210 valence electrons. The maximum absolute atomic E-state index is 15.0. The van der Waals surface area contributed by atoms with E-state index in [4.69, 9.17) is 9.47 Å². The van der Waals surface area contributed by atoms with Gasteiger partial charge in [-0.15, -0.1) is 0 Å². The molecule has 2 heterocycles. The van der Waals surface area contributed by atoms with Crippen molar-refractivity contribution in [3.8, 4) is 22.9 Å². The number of Topliss-reactive ketones (excluding diaryl/α,β-unsaturated/α-hetero) is 1. The van der Waals surface area contributed by atoms with Crippen LogP contribution in [0.15, 0.2) is 71.8 Å². The van der Waals surface area contributed by atoms with E-state index in [1.807, 2.05) is 0 Å². The van der Waals surface area contributed by atoms with E-state index in [2.05, 4.69) is 10.3 Å². The fourth-order valence-corrected chi connectivity index (χ4v) is 4.17. The summed E-state index contributed by atoms with van der Waals surface area (Å²) in [6, 6.07) is 10.8. The number of pyridine rings is 2. The summed E-state index contributed by atoms with van der Waals surface area (Å²) in [6.07, 6.45) is 4.61. The third kappa shape index (κ3) is 6.29. The van der Waals surface area contributed by atoms with Gasteiger partial charge in [0.25, 0.3) is 11.5 Å². The summed E-state index contributed by atoms with van der Waals surface area (Å²) in [4.78, 5) is 42.6. The number of hydrogen-bond donors (Lipinski definition) is 1. The van der Waals surface area contributed by atoms with Crippen LogP contribution >= 0.6 is 0 Å². The van der Waals surface area contributed by atoms with E-state index >= 15 is 4.39 Å². The molecule has 0 bridgehead atoms. The van der Waals surface area contributed by atoms with Gasteiger partial charge in [-0.1, -0.05) is 0 Å². The van der Waals surface area contributed by atoms with E-state index in [0.29, 0.717) is 5.69 Å². The number of aromatic nitrogens is 2. The number of carbonyl (C=O) groups excluding carboxylic acids is 2. The number of nitrogens with one attached hydrogen (secondary N) is 1. The molecular weight excluding hydrogens is 539 g/mol. The number of halogens is 3. The van der Waals surface area contributed by atoms with Crippen molar-refractivity contribution in [3.63, 3.8) is 0 Å². The predicted octanol–water partition coefficient (Wildman–Crippen LogP) is 5.61. The van der Waals surface area contributed by atoms with Gasteiger partial charge in [-0.25, -0.2) is 13.2 Å². The van der Waals surface area contributed by atoms with Gasteiger partial charge >= 0.3 is 0 Å². The molecule has 0 spiro atoms. The average molecular weight is 564 g/mol. The average Bonchev–Trinajstić information content (AvgIpc) is 3.79. The van der Waals surface area contributed by atoms with Crippen molar-refractivity contribution in [1.29, 1.82) is 0 Å². The first-order valence-electron chi connectivity index (χ1n) is 12.8. The maximum atomic E-state index is 15.0. The van der Waals surface area contributed by atoms with Crippen molar-refractivity contribution in [2.45, 2.75) is 26.2 Å². The predicted molar refractivity (Wildman–Crippen MR) is 143 cm³/mol. The van der Waals surface area contributed by atoms with E-state index in [1.54, 1.807) is 6.92 Å². The van der Waals surface area contributed by atoms with Crippen LogP contribution in [0.3, 0.4) is 0 Å². The second-order valence-corrected chi connectivity index (χ2v) is 9.36. The third-order valence-corrected chi connectivity index (χ3v) is 6.36. The normalized spacial score (nSPS) is 12.6. The number of ketones is 1. The van der Waals surface area contributed by atoms with Crippen molar-refractivity contribution in [3.05, 3.63) is 106 Å². The zero-order valence-electron chi connectivity index (χ0n) is 21.8. The Morgan fingerprint density at radius 1 is 1.00 bits per heavy atom. The molecule has 1 N–H and O–H groups in total. The Morgan fingerprint density at radius 2 is 1.76 bits per heavy atom. The molecule has 8 nitrogen and oxygen atoms in total. The van der Waals surface area contributed by atoms with E-state index in [1.165, 1.54) is 42.7 Å². The van der Waals surface area contributed by atoms with Gasteiger partial charge in [0.1, 0.15) is 28.7 Å². The van der Waals surface area contributed by atoms with Gasteiger partial charge in [-0.3, -0.25) is 23.9 Å². The first-order chi connectivity index (χ1) is 19.7. The number of anilines is 1. The molecule has 11 heteroatoms. The fourth-order valence-electron chi connectivity index (χ4n) is 4.17. The molecule has 0 aliphatic heterocycles. The molecule has 5 rings (SSSR count). The minimum absolute atomic E-state index is 0.0574. The van der Waals surface area contributed by atoms with Gasteiger partial charge in [0.2, 0.25) is 0 Å². The SMILES string of the molecule is CCOc1ccn(-c2ccc(F)cc2)c(=O)c1C(=O)Nc1cc(F)c(Oc2ccnc(CC(=O)C3CC3)c2)cc1F. The summed E-state index contributed by atoms with van der Waals surface area (Å²) in [7, 11) is 0. The van der Waals surface area contributed by atoms with Gasteiger partial charge in [-0.05, 0) is 56.2 Å². The zero-order valence-corrected chi connectivity index (χ0v) is 21.8. The van der Waals surface area contributed by atoms with Crippen molar-refractivity contribution in [2.24, 2.45) is 5.92 Å². The largest absolute Gasteiger partial charge is 0.493 e. The molecule has 2 aromatic heterocycles. The topological polar surface area (TPSA) is 99.5 Å². The minimum Gasteiger partial charge on any atom is -0.493 e. The lowest BCUT2D eigenvalue weighted by Gasteiger charge is -2.14. The molecular formula is C30H24F3N3O5. The van der Waals surface area contributed by atoms with Crippen molar-refractivity contribution in [1.82, 2.24) is 9.55 Å². The van der Waals surface area contributed by atoms with Crippen molar-refractivity contribution < 1.29 is 32.2 Å². The standard InChI is InChI=1S/C30H24F3N3O5/c1-2-40-26-10-12-36(20-7-5-18(31)6-8-20)30(39)28(26)29(38)35-24-15-23(33)27(16-22(24)32)41-21-9-11-34-19(13-21)14-25(37)17-3-4-17/h5-13,15-17H,2-4,14H2,1H3,(H,35,38). The lowest BCUT2D eigenvalue weighted by Crippen LogP contribution is -2.29. The summed E-state index contributed by atoms with van der Waals surface area (Å²) in [5.74, 6) is -3.81. The van der Waals surface area contributed by atoms with Gasteiger partial charge in [0.15, 0.2) is 17.4 Å². The van der Waals surface area contributed by atoms with Crippen LogP contribution in [0.1, 0.15) is 35.8 Å². The molecule has 1 aliphatic carbocycles. The Bertz CT molecular complexity index is 1680. The van der Waals surface area contributed by atoms with E-state index in [9.17, 15) is 23.2 Å². The first-order valence-corrected chi connectivity index (χ1v) is 12.8. The molecule has 0 unspecified atom stereocenters. The number of hydrogen-bond acceptors (Lipinski definition) is 6. The quantitative estimate of drug-likeness (QED) is 0.269. The van der Waals surface area contributed by atoms with Crippen LogP contribution in [-0.2, 0) is 11.2 Å². The summed E-state index contributed by atoms with van der Waals surface area (Å²) < 4.78 is 55.4. The molecule has 41 heavy (non-hydrogen) atoms. The van der Waals surface area contributed by atoms with Gasteiger partial charge in [0, 0.05) is 48.6 Å². The second-order valence-electron chi connectivity index (χ2n) is 9.36. The Labute approximate surface area is 232 Å². The first kappa shape index (κ1) is 27.6. The molecule has 0 atom stereocenters. The highest BCUT2D eigenvalue weighted by Gasteiger charge is 2.29. The lowest BCUT2D eigenvalue weighted by atomic mass is 10.1. The number of amides is 1. The molecule has 1 saturated carbocycles. The number of rotatable bonds is 10. The van der Waals surface area contributed by atoms with Crippen LogP contribution in [0.4, 0.5) is 18.9 Å². The Morgan fingerprint density at radius 3 is 2.46 bits per heavy atom. The highest BCUT2D eigenvalue weighted by Crippen LogP contribution is 2.32. The smallest absolute Gasteiger partial charge is 0.271 e. The monoisotopic (exact) mass is 563 g/mol. The number of carbonyl (C=O) groups is 2. The fraction of sp³-hybridized carbons (Fsp3) is 0.200. The highest BCUT2D eigenvalue weighted by atomic mass is 19.1. The molecule has 4 aromatic rings. The summed E-state index contributed by atoms with van der Waals surface area (Å²) in [5.41, 5.74) is -1.07. The summed E-state index contributed by atoms with van der Waals surface area (Å²) in [5, 5.41) is 2.22. The van der Waals surface area contributed by atoms with Gasteiger partial charge < -0.3 is 14.8 Å². The van der Waals surface area contributed by atoms with Crippen LogP contribution in [-0.4, -0.2) is 27.8 Å². The number of benzene rings is 2. The number of ether oxygens (including phenoxy) is 2. The van der Waals surface area contributed by atoms with Crippen molar-refractivity contribution >= 4 is 17.4 Å². The van der Waals surface area contributed by atoms with Gasteiger partial charge in [-0.2, -0.15) is 0 Å². The molecule has 2 aromatic carbocycles. The summed E-state index contributed by atoms with van der Waals surface area (Å²) >= 11 is 0. The molecule has 0 saturated heterocycles. The van der Waals surface area contributed by atoms with Crippen LogP contribution in [0, 0.1) is 23.4 Å². The minimum atomic E-state index is -1.04. The van der Waals surface area contributed by atoms with Crippen LogP contribution in [0.5, 0.6) is 17.2 Å². The van der Waals surface area contributed by atoms with Gasteiger partial charge in [0.05, 0.1) is 18.0 Å². The van der Waals surface area contributed by atoms with E-state index < -0.39 is 45.9 Å². The molecule has 0 radical (unpaired) electrons. The zero-order chi connectivity index (χ0) is 29.1. The lowest BCUT2D eigenvalue weighted by molar-refractivity contribution is -0.119. The van der Waals surface area contributed by atoms with E-state index in [-0.39, 0.29) is 41.9 Å². The van der Waals surface area contributed by atoms with Crippen LogP contribution in [0.2, 0.25) is 0 Å². The van der Waals surface area contributed by atoms with Crippen molar-refractivity contribution in [2.75, 3.05) is 11.9 Å². The molecule has 1 fully saturated rings. The second kappa shape index (κ2) is 11.7. The van der Waals surface area contributed by atoms with Crippen LogP contribution < -0.4 is 20.3 Å². The third-order valence-electron chi connectivity index (χ3n) is 6.36. The molecule has 1 aliphatic rings. The molecule has 1 amide bonds. The maximum Gasteiger partial charge on any atom is 0.271 e. The number of nitrogens with zero attached hydrogens (tertiary/aromatic N) is 2. The highest BCUT2D eigenvalue weighted by molar-refractivity contribution is 6.06.